The van der Waals surface area contributed by atoms with Crippen molar-refractivity contribution in [1.29, 1.82) is 0 Å². The van der Waals surface area contributed by atoms with Crippen LogP contribution in [0.1, 0.15) is 5.56 Å². The molecule has 4 aromatic rings. The van der Waals surface area contributed by atoms with Gasteiger partial charge in [0.1, 0.15) is 5.75 Å². The summed E-state index contributed by atoms with van der Waals surface area (Å²) < 4.78 is 7.56. The Hall–Kier alpha value is -2.83. The van der Waals surface area contributed by atoms with E-state index >= 15 is 0 Å². The Bertz CT molecular complexity index is 1070. The van der Waals surface area contributed by atoms with Crippen molar-refractivity contribution in [2.75, 3.05) is 11.9 Å². The first kappa shape index (κ1) is 18.5. The van der Waals surface area contributed by atoms with Crippen molar-refractivity contribution in [3.63, 3.8) is 0 Å². The lowest BCUT2D eigenvalue weighted by Gasteiger charge is -2.07. The Morgan fingerprint density at radius 2 is 1.75 bits per heavy atom. The highest BCUT2D eigenvalue weighted by molar-refractivity contribution is 8.00. The number of ether oxygens (including phenoxy) is 1. The molecule has 1 heterocycles. The summed E-state index contributed by atoms with van der Waals surface area (Å²) in [7, 11) is 0. The number of carbonyl (C=O) groups excluding carboxylic acids is 1. The quantitative estimate of drug-likeness (QED) is 0.406. The maximum atomic E-state index is 12.1. The van der Waals surface area contributed by atoms with Crippen LogP contribution in [-0.4, -0.2) is 17.5 Å². The smallest absolute Gasteiger partial charge is 0.262 e. The van der Waals surface area contributed by atoms with Crippen LogP contribution in [0.15, 0.2) is 83.2 Å². The van der Waals surface area contributed by atoms with E-state index in [2.05, 4.69) is 22.4 Å². The first-order valence-electron chi connectivity index (χ1n) is 8.81. The molecule has 1 N–H and O–H groups in total. The lowest BCUT2D eigenvalue weighted by molar-refractivity contribution is -0.118. The molecule has 0 aliphatic rings. The van der Waals surface area contributed by atoms with Crippen LogP contribution >= 0.6 is 23.1 Å². The van der Waals surface area contributed by atoms with Crippen molar-refractivity contribution in [3.05, 3.63) is 84.4 Å². The molecule has 0 saturated carbocycles. The molecule has 3 aromatic carbocycles. The van der Waals surface area contributed by atoms with E-state index in [1.165, 1.54) is 5.56 Å². The number of rotatable bonds is 7. The van der Waals surface area contributed by atoms with Gasteiger partial charge in [0.05, 0.1) is 10.2 Å². The first-order chi connectivity index (χ1) is 13.8. The number of thiazole rings is 1. The molecular weight excluding hydrogens is 388 g/mol. The molecule has 0 radical (unpaired) electrons. The minimum absolute atomic E-state index is 0.0249. The molecule has 0 saturated heterocycles. The standard InChI is InChI=1S/C22H18N2O2S2/c25-21(14-26-18-9-5-2-6-10-18)23-17-11-12-19-20(13-17)28-22(24-19)27-15-16-7-3-1-4-8-16/h1-13H,14-15H2,(H,23,25). The molecule has 0 spiro atoms. The molecule has 0 aliphatic carbocycles. The van der Waals surface area contributed by atoms with Gasteiger partial charge < -0.3 is 10.1 Å². The number of fused-ring (bicyclic) bond motifs is 1. The Labute approximate surface area is 171 Å². The average Bonchev–Trinajstić information content (AvgIpc) is 3.14. The van der Waals surface area contributed by atoms with E-state index in [0.717, 1.165) is 26.0 Å². The number of benzene rings is 3. The molecule has 1 aromatic heterocycles. The average molecular weight is 407 g/mol. The number of aromatic nitrogens is 1. The fraction of sp³-hybridized carbons (Fsp3) is 0.0909. The molecule has 6 heteroatoms. The Kier molecular flexibility index (Phi) is 5.89. The SMILES string of the molecule is O=C(COc1ccccc1)Nc1ccc2nc(SCc3ccccc3)sc2c1. The monoisotopic (exact) mass is 406 g/mol. The van der Waals surface area contributed by atoms with Crippen molar-refractivity contribution in [2.24, 2.45) is 0 Å². The van der Waals surface area contributed by atoms with Gasteiger partial charge in [-0.05, 0) is 35.9 Å². The molecule has 4 nitrogen and oxygen atoms in total. The van der Waals surface area contributed by atoms with E-state index in [0.29, 0.717) is 5.75 Å². The number of para-hydroxylation sites is 1. The van der Waals surface area contributed by atoms with Gasteiger partial charge in [-0.2, -0.15) is 0 Å². The zero-order valence-electron chi connectivity index (χ0n) is 15.0. The Morgan fingerprint density at radius 3 is 2.54 bits per heavy atom. The Morgan fingerprint density at radius 1 is 1.00 bits per heavy atom. The summed E-state index contributed by atoms with van der Waals surface area (Å²) >= 11 is 3.36. The third kappa shape index (κ3) is 4.91. The van der Waals surface area contributed by atoms with E-state index in [9.17, 15) is 4.79 Å². The van der Waals surface area contributed by atoms with Crippen molar-refractivity contribution in [3.8, 4) is 5.75 Å². The van der Waals surface area contributed by atoms with Crippen LogP contribution in [0, 0.1) is 0 Å². The van der Waals surface area contributed by atoms with E-state index in [-0.39, 0.29) is 12.5 Å². The summed E-state index contributed by atoms with van der Waals surface area (Å²) in [4.78, 5) is 16.8. The normalized spacial score (nSPS) is 10.7. The van der Waals surface area contributed by atoms with Crippen LogP contribution in [0.25, 0.3) is 10.2 Å². The molecule has 1 amide bonds. The summed E-state index contributed by atoms with van der Waals surface area (Å²) in [5.41, 5.74) is 2.97. The predicted octanol–water partition coefficient (Wildman–Crippen LogP) is 5.61. The number of amides is 1. The molecular formula is C22H18N2O2S2. The van der Waals surface area contributed by atoms with Gasteiger partial charge in [-0.25, -0.2) is 4.98 Å². The fourth-order valence-corrected chi connectivity index (χ4v) is 4.69. The number of nitrogens with one attached hydrogen (secondary N) is 1. The number of hydrogen-bond donors (Lipinski definition) is 1. The number of thioether (sulfide) groups is 1. The van der Waals surface area contributed by atoms with Crippen molar-refractivity contribution in [1.82, 2.24) is 4.98 Å². The fourth-order valence-electron chi connectivity index (χ4n) is 2.62. The second-order valence-corrected chi connectivity index (χ2v) is 8.34. The Balaban J connectivity index is 1.36. The highest BCUT2D eigenvalue weighted by Gasteiger charge is 2.08. The van der Waals surface area contributed by atoms with Crippen LogP contribution in [0.3, 0.4) is 0 Å². The van der Waals surface area contributed by atoms with Gasteiger partial charge in [-0.3, -0.25) is 4.79 Å². The maximum Gasteiger partial charge on any atom is 0.262 e. The highest BCUT2D eigenvalue weighted by atomic mass is 32.2. The number of carbonyl (C=O) groups is 1. The predicted molar refractivity (Wildman–Crippen MR) is 116 cm³/mol. The second-order valence-electron chi connectivity index (χ2n) is 6.09. The topological polar surface area (TPSA) is 51.2 Å². The van der Waals surface area contributed by atoms with Gasteiger partial charge in [-0.1, -0.05) is 60.3 Å². The van der Waals surface area contributed by atoms with Crippen molar-refractivity contribution in [2.45, 2.75) is 10.1 Å². The number of hydrogen-bond acceptors (Lipinski definition) is 5. The minimum Gasteiger partial charge on any atom is -0.484 e. The minimum atomic E-state index is -0.189. The third-order valence-corrected chi connectivity index (χ3v) is 6.20. The van der Waals surface area contributed by atoms with E-state index < -0.39 is 0 Å². The maximum absolute atomic E-state index is 12.1. The van der Waals surface area contributed by atoms with Gasteiger partial charge in [0.25, 0.3) is 5.91 Å². The molecule has 0 aliphatic heterocycles. The number of anilines is 1. The number of nitrogens with zero attached hydrogens (tertiary/aromatic N) is 1. The summed E-state index contributed by atoms with van der Waals surface area (Å²) in [5.74, 6) is 1.38. The van der Waals surface area contributed by atoms with Crippen LogP contribution in [0.4, 0.5) is 5.69 Å². The third-order valence-electron chi connectivity index (χ3n) is 3.97. The van der Waals surface area contributed by atoms with E-state index in [1.54, 1.807) is 23.1 Å². The molecule has 0 bridgehead atoms. The summed E-state index contributed by atoms with van der Waals surface area (Å²) in [6, 6.07) is 25.4. The molecule has 140 valence electrons. The van der Waals surface area contributed by atoms with Gasteiger partial charge in [0, 0.05) is 11.4 Å². The van der Waals surface area contributed by atoms with Gasteiger partial charge in [0.2, 0.25) is 0 Å². The largest absolute Gasteiger partial charge is 0.484 e. The van der Waals surface area contributed by atoms with E-state index in [4.69, 9.17) is 4.74 Å². The van der Waals surface area contributed by atoms with Crippen LogP contribution in [0.2, 0.25) is 0 Å². The molecule has 0 atom stereocenters. The molecule has 0 unspecified atom stereocenters. The van der Waals surface area contributed by atoms with Gasteiger partial charge in [-0.15, -0.1) is 11.3 Å². The van der Waals surface area contributed by atoms with Crippen LogP contribution < -0.4 is 10.1 Å². The summed E-state index contributed by atoms with van der Waals surface area (Å²) in [6.07, 6.45) is 0. The zero-order chi connectivity index (χ0) is 19.2. The zero-order valence-corrected chi connectivity index (χ0v) is 16.6. The first-order valence-corrected chi connectivity index (χ1v) is 10.6. The lowest BCUT2D eigenvalue weighted by atomic mass is 10.2. The summed E-state index contributed by atoms with van der Waals surface area (Å²) in [6.45, 7) is -0.0249. The molecule has 4 rings (SSSR count). The van der Waals surface area contributed by atoms with Crippen LogP contribution in [0.5, 0.6) is 5.75 Å². The van der Waals surface area contributed by atoms with Crippen molar-refractivity contribution >= 4 is 44.9 Å². The second kappa shape index (κ2) is 8.91. The van der Waals surface area contributed by atoms with E-state index in [1.807, 2.05) is 66.7 Å². The lowest BCUT2D eigenvalue weighted by Crippen LogP contribution is -2.20. The molecule has 28 heavy (non-hydrogen) atoms. The van der Waals surface area contributed by atoms with Crippen molar-refractivity contribution < 1.29 is 9.53 Å². The highest BCUT2D eigenvalue weighted by Crippen LogP contribution is 2.32. The van der Waals surface area contributed by atoms with Crippen LogP contribution in [-0.2, 0) is 10.5 Å². The van der Waals surface area contributed by atoms with Gasteiger partial charge >= 0.3 is 0 Å². The molecule has 0 fully saturated rings. The van der Waals surface area contributed by atoms with Gasteiger partial charge in [0.15, 0.2) is 10.9 Å². The summed E-state index contributed by atoms with van der Waals surface area (Å²) in [5, 5.41) is 2.88.